The SMILES string of the molecule is O[C@H]1CSSC[C@H]1OCc1ccccc1. The quantitative estimate of drug-likeness (QED) is 0.824. The van der Waals surface area contributed by atoms with E-state index in [9.17, 15) is 5.11 Å². The van der Waals surface area contributed by atoms with Gasteiger partial charge in [-0.3, -0.25) is 0 Å². The van der Waals surface area contributed by atoms with E-state index in [1.807, 2.05) is 30.3 Å². The molecule has 2 nitrogen and oxygen atoms in total. The van der Waals surface area contributed by atoms with E-state index in [1.165, 1.54) is 0 Å². The highest BCUT2D eigenvalue weighted by atomic mass is 33.1. The lowest BCUT2D eigenvalue weighted by Crippen LogP contribution is -2.35. The van der Waals surface area contributed by atoms with Crippen LogP contribution in [0, 0.1) is 0 Å². The fourth-order valence-electron chi connectivity index (χ4n) is 1.39. The van der Waals surface area contributed by atoms with Crippen LogP contribution in [-0.2, 0) is 11.3 Å². The Morgan fingerprint density at radius 2 is 1.93 bits per heavy atom. The molecule has 0 saturated carbocycles. The number of aliphatic hydroxyl groups is 1. The summed E-state index contributed by atoms with van der Waals surface area (Å²) in [6, 6.07) is 10.1. The Kier molecular flexibility index (Phi) is 4.38. The van der Waals surface area contributed by atoms with Gasteiger partial charge in [0.05, 0.1) is 18.8 Å². The van der Waals surface area contributed by atoms with Crippen molar-refractivity contribution in [1.29, 1.82) is 0 Å². The van der Waals surface area contributed by atoms with Gasteiger partial charge in [0.2, 0.25) is 0 Å². The van der Waals surface area contributed by atoms with Crippen molar-refractivity contribution in [2.45, 2.75) is 18.8 Å². The van der Waals surface area contributed by atoms with Gasteiger partial charge < -0.3 is 9.84 Å². The summed E-state index contributed by atoms with van der Waals surface area (Å²) in [5, 5.41) is 9.69. The third kappa shape index (κ3) is 3.41. The number of hydrogen-bond acceptors (Lipinski definition) is 4. The lowest BCUT2D eigenvalue weighted by Gasteiger charge is -2.26. The fourth-order valence-corrected chi connectivity index (χ4v) is 3.79. The van der Waals surface area contributed by atoms with Crippen LogP contribution >= 0.6 is 21.6 Å². The molecule has 0 amide bonds. The first-order valence-corrected chi connectivity index (χ1v) is 7.43. The molecule has 1 fully saturated rings. The van der Waals surface area contributed by atoms with E-state index < -0.39 is 0 Å². The van der Waals surface area contributed by atoms with E-state index >= 15 is 0 Å². The van der Waals surface area contributed by atoms with Crippen LogP contribution in [0.15, 0.2) is 30.3 Å². The third-order valence-electron chi connectivity index (χ3n) is 2.29. The van der Waals surface area contributed by atoms with E-state index in [0.29, 0.717) is 6.61 Å². The van der Waals surface area contributed by atoms with Crippen LogP contribution in [0.2, 0.25) is 0 Å². The number of ether oxygens (including phenoxy) is 1. The van der Waals surface area contributed by atoms with Gasteiger partial charge in [-0.05, 0) is 5.56 Å². The molecule has 0 bridgehead atoms. The lowest BCUT2D eigenvalue weighted by molar-refractivity contribution is -0.0225. The Morgan fingerprint density at radius 3 is 2.67 bits per heavy atom. The monoisotopic (exact) mass is 242 g/mol. The summed E-state index contributed by atoms with van der Waals surface area (Å²) < 4.78 is 5.70. The average Bonchev–Trinajstić information content (AvgIpc) is 2.29. The van der Waals surface area contributed by atoms with Crippen LogP contribution in [0.1, 0.15) is 5.56 Å². The van der Waals surface area contributed by atoms with Crippen LogP contribution in [0.25, 0.3) is 0 Å². The third-order valence-corrected chi connectivity index (χ3v) is 4.72. The zero-order valence-electron chi connectivity index (χ0n) is 8.33. The molecule has 1 aromatic rings. The van der Waals surface area contributed by atoms with E-state index in [0.717, 1.165) is 17.1 Å². The van der Waals surface area contributed by atoms with Gasteiger partial charge in [-0.2, -0.15) is 0 Å². The van der Waals surface area contributed by atoms with Crippen LogP contribution in [0.5, 0.6) is 0 Å². The van der Waals surface area contributed by atoms with Gasteiger partial charge in [0.1, 0.15) is 0 Å². The van der Waals surface area contributed by atoms with Crippen LogP contribution in [0.4, 0.5) is 0 Å². The number of hydrogen-bond donors (Lipinski definition) is 1. The molecular formula is C11H14O2S2. The molecule has 0 aliphatic carbocycles. The molecule has 82 valence electrons. The highest BCUT2D eigenvalue weighted by Gasteiger charge is 2.24. The first-order valence-electron chi connectivity index (χ1n) is 4.94. The molecule has 4 heteroatoms. The smallest absolute Gasteiger partial charge is 0.0945 e. The Bertz CT molecular complexity index is 292. The molecule has 1 aliphatic rings. The summed E-state index contributed by atoms with van der Waals surface area (Å²) in [6.45, 7) is 0.591. The zero-order valence-corrected chi connectivity index (χ0v) is 9.97. The zero-order chi connectivity index (χ0) is 10.5. The minimum Gasteiger partial charge on any atom is -0.389 e. The minimum atomic E-state index is -0.319. The van der Waals surface area contributed by atoms with Crippen molar-refractivity contribution in [3.8, 4) is 0 Å². The summed E-state index contributed by atoms with van der Waals surface area (Å²) in [5.41, 5.74) is 1.16. The van der Waals surface area contributed by atoms with Crippen molar-refractivity contribution in [2.75, 3.05) is 11.5 Å². The molecule has 0 radical (unpaired) electrons. The van der Waals surface area contributed by atoms with Crippen molar-refractivity contribution in [2.24, 2.45) is 0 Å². The maximum absolute atomic E-state index is 9.69. The Hall–Kier alpha value is -0.160. The van der Waals surface area contributed by atoms with E-state index in [2.05, 4.69) is 0 Å². The second-order valence-electron chi connectivity index (χ2n) is 3.47. The molecular weight excluding hydrogens is 228 g/mol. The normalized spacial score (nSPS) is 26.5. The first kappa shape index (κ1) is 11.3. The highest BCUT2D eigenvalue weighted by molar-refractivity contribution is 8.76. The average molecular weight is 242 g/mol. The van der Waals surface area contributed by atoms with E-state index in [1.54, 1.807) is 21.6 Å². The molecule has 1 aliphatic heterocycles. The lowest BCUT2D eigenvalue weighted by atomic mass is 10.2. The van der Waals surface area contributed by atoms with Crippen LogP contribution in [0.3, 0.4) is 0 Å². The maximum atomic E-state index is 9.69. The summed E-state index contributed by atoms with van der Waals surface area (Å²) in [6.07, 6.45) is -0.337. The second kappa shape index (κ2) is 5.80. The summed E-state index contributed by atoms with van der Waals surface area (Å²) >= 11 is 0. The Morgan fingerprint density at radius 1 is 1.20 bits per heavy atom. The Balaban J connectivity index is 1.82. The molecule has 0 spiro atoms. The molecule has 2 atom stereocenters. The number of rotatable bonds is 3. The first-order chi connectivity index (χ1) is 7.36. The van der Waals surface area contributed by atoms with E-state index in [4.69, 9.17) is 4.74 Å². The molecule has 0 aromatic heterocycles. The summed E-state index contributed by atoms with van der Waals surface area (Å²) in [5.74, 6) is 1.64. The molecule has 1 heterocycles. The second-order valence-corrected chi connectivity index (χ2v) is 6.02. The molecule has 15 heavy (non-hydrogen) atoms. The predicted molar refractivity (Wildman–Crippen MR) is 65.9 cm³/mol. The van der Waals surface area contributed by atoms with Crippen molar-refractivity contribution in [1.82, 2.24) is 0 Å². The molecule has 0 unspecified atom stereocenters. The van der Waals surface area contributed by atoms with Gasteiger partial charge in [-0.15, -0.1) is 0 Å². The molecule has 1 aromatic carbocycles. The Labute approximate surface area is 97.8 Å². The summed E-state index contributed by atoms with van der Waals surface area (Å²) in [7, 11) is 3.49. The van der Waals surface area contributed by atoms with Crippen LogP contribution < -0.4 is 0 Å². The molecule has 2 rings (SSSR count). The van der Waals surface area contributed by atoms with Gasteiger partial charge in [-0.1, -0.05) is 51.9 Å². The van der Waals surface area contributed by atoms with Crippen molar-refractivity contribution < 1.29 is 9.84 Å². The van der Waals surface area contributed by atoms with Gasteiger partial charge >= 0.3 is 0 Å². The number of benzene rings is 1. The number of aliphatic hydroxyl groups excluding tert-OH is 1. The van der Waals surface area contributed by atoms with Gasteiger partial charge in [0.15, 0.2) is 0 Å². The van der Waals surface area contributed by atoms with Crippen molar-refractivity contribution in [3.05, 3.63) is 35.9 Å². The van der Waals surface area contributed by atoms with E-state index in [-0.39, 0.29) is 12.2 Å². The van der Waals surface area contributed by atoms with Crippen LogP contribution in [-0.4, -0.2) is 28.8 Å². The largest absolute Gasteiger partial charge is 0.389 e. The van der Waals surface area contributed by atoms with Gasteiger partial charge in [0.25, 0.3) is 0 Å². The minimum absolute atomic E-state index is 0.0172. The van der Waals surface area contributed by atoms with Crippen molar-refractivity contribution >= 4 is 21.6 Å². The molecule has 1 saturated heterocycles. The summed E-state index contributed by atoms with van der Waals surface area (Å²) in [4.78, 5) is 0. The highest BCUT2D eigenvalue weighted by Crippen LogP contribution is 2.31. The van der Waals surface area contributed by atoms with Gasteiger partial charge in [0, 0.05) is 11.5 Å². The maximum Gasteiger partial charge on any atom is 0.0945 e. The van der Waals surface area contributed by atoms with Crippen molar-refractivity contribution in [3.63, 3.8) is 0 Å². The standard InChI is InChI=1S/C11H14O2S2/c12-10-7-14-15-8-11(10)13-6-9-4-2-1-3-5-9/h1-5,10-12H,6-8H2/t10-,11+/m0/s1. The topological polar surface area (TPSA) is 29.5 Å². The molecule has 1 N–H and O–H groups in total. The predicted octanol–water partition coefficient (Wildman–Crippen LogP) is 2.33. The van der Waals surface area contributed by atoms with Gasteiger partial charge in [-0.25, -0.2) is 0 Å². The fraction of sp³-hybridized carbons (Fsp3) is 0.455.